The van der Waals surface area contributed by atoms with E-state index in [0.29, 0.717) is 11.3 Å². The second-order valence-corrected chi connectivity index (χ2v) is 5.56. The van der Waals surface area contributed by atoms with E-state index in [1.165, 1.54) is 25.7 Å². The van der Waals surface area contributed by atoms with E-state index in [0.717, 1.165) is 12.2 Å². The Morgan fingerprint density at radius 2 is 2.05 bits per heavy atom. The largest absolute Gasteiger partial charge is 0.396 e. The molecule has 0 saturated heterocycles. The summed E-state index contributed by atoms with van der Waals surface area (Å²) in [5.41, 5.74) is 8.17. The van der Waals surface area contributed by atoms with Crippen LogP contribution in [0, 0.1) is 11.3 Å². The number of nitrogens with zero attached hydrogens (tertiary/aromatic N) is 2. The third-order valence-corrected chi connectivity index (χ3v) is 4.32. The Hall–Kier alpha value is -1.73. The van der Waals surface area contributed by atoms with Crippen LogP contribution >= 0.6 is 0 Å². The zero-order valence-corrected chi connectivity index (χ0v) is 11.7. The highest BCUT2D eigenvalue weighted by molar-refractivity contribution is 5.72. The lowest BCUT2D eigenvalue weighted by atomic mass is 9.95. The zero-order chi connectivity index (χ0) is 13.9. The first-order valence-corrected chi connectivity index (χ1v) is 6.79. The topological polar surface area (TPSA) is 65.1 Å². The van der Waals surface area contributed by atoms with Crippen molar-refractivity contribution in [3.8, 4) is 6.07 Å². The summed E-state index contributed by atoms with van der Waals surface area (Å²) in [6.07, 6.45) is 5.00. The molecule has 0 unspecified atom stereocenters. The first-order chi connectivity index (χ1) is 9.09. The van der Waals surface area contributed by atoms with Crippen molar-refractivity contribution >= 4 is 11.4 Å². The van der Waals surface area contributed by atoms with E-state index < -0.39 is 0 Å². The van der Waals surface area contributed by atoms with Crippen LogP contribution in [0.2, 0.25) is 0 Å². The van der Waals surface area contributed by atoms with E-state index in [1.807, 2.05) is 12.1 Å². The number of nitrogens with two attached hydrogens (primary N) is 1. The Kier molecular flexibility index (Phi) is 3.96. The van der Waals surface area contributed by atoms with E-state index in [1.54, 1.807) is 6.07 Å². The van der Waals surface area contributed by atoms with Gasteiger partial charge < -0.3 is 16.0 Å². The van der Waals surface area contributed by atoms with Gasteiger partial charge in [0.1, 0.15) is 6.07 Å². The third-order valence-electron chi connectivity index (χ3n) is 4.32. The van der Waals surface area contributed by atoms with Crippen LogP contribution in [0.15, 0.2) is 18.2 Å². The van der Waals surface area contributed by atoms with Crippen molar-refractivity contribution in [3.63, 3.8) is 0 Å². The van der Waals surface area contributed by atoms with Crippen LogP contribution in [-0.2, 0) is 0 Å². The van der Waals surface area contributed by atoms with Crippen molar-refractivity contribution in [1.82, 2.24) is 4.90 Å². The average molecular weight is 258 g/mol. The molecule has 1 aromatic rings. The van der Waals surface area contributed by atoms with Crippen molar-refractivity contribution in [2.24, 2.45) is 0 Å². The molecule has 4 heteroatoms. The monoisotopic (exact) mass is 258 g/mol. The smallest absolute Gasteiger partial charge is 0.101 e. The quantitative estimate of drug-likeness (QED) is 0.814. The van der Waals surface area contributed by atoms with Crippen LogP contribution in [0.5, 0.6) is 0 Å². The third kappa shape index (κ3) is 2.66. The number of likely N-dealkylation sites (N-methyl/N-ethyl adjacent to an activating group) is 1. The summed E-state index contributed by atoms with van der Waals surface area (Å²) in [4.78, 5) is 2.32. The summed E-state index contributed by atoms with van der Waals surface area (Å²) >= 11 is 0. The Morgan fingerprint density at radius 1 is 1.37 bits per heavy atom. The van der Waals surface area contributed by atoms with Crippen LogP contribution < -0.4 is 11.1 Å². The molecule has 0 radical (unpaired) electrons. The molecule has 0 heterocycles. The molecule has 4 nitrogen and oxygen atoms in total. The van der Waals surface area contributed by atoms with Gasteiger partial charge in [-0.1, -0.05) is 18.9 Å². The molecule has 0 aliphatic heterocycles. The number of nitriles is 1. The van der Waals surface area contributed by atoms with Crippen molar-refractivity contribution in [2.75, 3.05) is 31.7 Å². The second kappa shape index (κ2) is 5.50. The fourth-order valence-corrected chi connectivity index (χ4v) is 2.89. The van der Waals surface area contributed by atoms with Gasteiger partial charge in [-0.05, 0) is 39.1 Å². The predicted molar refractivity (Wildman–Crippen MR) is 78.9 cm³/mol. The number of hydrogen-bond acceptors (Lipinski definition) is 4. The minimum absolute atomic E-state index is 0.217. The summed E-state index contributed by atoms with van der Waals surface area (Å²) < 4.78 is 0. The Morgan fingerprint density at radius 3 is 2.63 bits per heavy atom. The molecule has 0 aromatic heterocycles. The number of benzene rings is 1. The molecule has 1 aliphatic rings. The molecule has 19 heavy (non-hydrogen) atoms. The fraction of sp³-hybridized carbons (Fsp3) is 0.533. The highest BCUT2D eigenvalue weighted by atomic mass is 15.2. The first-order valence-electron chi connectivity index (χ1n) is 6.79. The lowest BCUT2D eigenvalue weighted by Gasteiger charge is -2.37. The molecule has 1 saturated carbocycles. The molecule has 102 valence electrons. The Balaban J connectivity index is 2.12. The van der Waals surface area contributed by atoms with Gasteiger partial charge in [-0.3, -0.25) is 0 Å². The molecule has 1 aromatic carbocycles. The van der Waals surface area contributed by atoms with Crippen LogP contribution in [-0.4, -0.2) is 31.1 Å². The van der Waals surface area contributed by atoms with Gasteiger partial charge in [0.15, 0.2) is 0 Å². The first kappa shape index (κ1) is 13.7. The van der Waals surface area contributed by atoms with Gasteiger partial charge in [0.25, 0.3) is 0 Å². The maximum atomic E-state index is 9.00. The molecular formula is C15H22N4. The number of nitrogen functional groups attached to an aromatic ring is 1. The summed E-state index contributed by atoms with van der Waals surface area (Å²) in [5, 5.41) is 12.4. The maximum Gasteiger partial charge on any atom is 0.101 e. The minimum atomic E-state index is 0.217. The van der Waals surface area contributed by atoms with Crippen LogP contribution in [0.25, 0.3) is 0 Å². The van der Waals surface area contributed by atoms with E-state index in [4.69, 9.17) is 11.0 Å². The minimum Gasteiger partial charge on any atom is -0.396 e. The Bertz CT molecular complexity index is 481. The molecule has 2 rings (SSSR count). The zero-order valence-electron chi connectivity index (χ0n) is 11.7. The normalized spacial score (nSPS) is 17.4. The van der Waals surface area contributed by atoms with Crippen molar-refractivity contribution in [2.45, 2.75) is 31.2 Å². The highest BCUT2D eigenvalue weighted by Crippen LogP contribution is 2.34. The highest BCUT2D eigenvalue weighted by Gasteiger charge is 2.35. The lowest BCUT2D eigenvalue weighted by molar-refractivity contribution is 0.172. The van der Waals surface area contributed by atoms with Gasteiger partial charge in [-0.15, -0.1) is 0 Å². The number of rotatable bonds is 4. The molecule has 0 amide bonds. The van der Waals surface area contributed by atoms with E-state index >= 15 is 0 Å². The molecule has 1 aliphatic carbocycles. The average Bonchev–Trinajstić information content (AvgIpc) is 2.88. The van der Waals surface area contributed by atoms with Crippen molar-refractivity contribution < 1.29 is 0 Å². The predicted octanol–water partition coefficient (Wildman–Crippen LogP) is 2.43. The fourth-order valence-electron chi connectivity index (χ4n) is 2.89. The van der Waals surface area contributed by atoms with Gasteiger partial charge in [-0.2, -0.15) is 5.26 Å². The number of hydrogen-bond donors (Lipinski definition) is 2. The molecule has 1 fully saturated rings. The van der Waals surface area contributed by atoms with Crippen molar-refractivity contribution in [1.29, 1.82) is 5.26 Å². The summed E-state index contributed by atoms with van der Waals surface area (Å²) in [6.45, 7) is 0.874. The second-order valence-electron chi connectivity index (χ2n) is 5.56. The molecule has 3 N–H and O–H groups in total. The van der Waals surface area contributed by atoms with Crippen LogP contribution in [0.4, 0.5) is 11.4 Å². The van der Waals surface area contributed by atoms with Gasteiger partial charge in [0, 0.05) is 12.1 Å². The van der Waals surface area contributed by atoms with E-state index in [9.17, 15) is 0 Å². The number of para-hydroxylation sites is 1. The van der Waals surface area contributed by atoms with Gasteiger partial charge in [-0.25, -0.2) is 0 Å². The Labute approximate surface area is 115 Å². The molecule has 0 spiro atoms. The lowest BCUT2D eigenvalue weighted by Crippen LogP contribution is -2.47. The molecular weight excluding hydrogens is 236 g/mol. The molecule has 0 atom stereocenters. The SMILES string of the molecule is CN(C)C1(CNc2cccc(C#N)c2N)CCCC1. The summed E-state index contributed by atoms with van der Waals surface area (Å²) in [6, 6.07) is 7.68. The van der Waals surface area contributed by atoms with Crippen molar-refractivity contribution in [3.05, 3.63) is 23.8 Å². The van der Waals surface area contributed by atoms with Gasteiger partial charge in [0.2, 0.25) is 0 Å². The van der Waals surface area contributed by atoms with Crippen LogP contribution in [0.3, 0.4) is 0 Å². The maximum absolute atomic E-state index is 9.00. The van der Waals surface area contributed by atoms with Gasteiger partial charge in [0.05, 0.1) is 16.9 Å². The van der Waals surface area contributed by atoms with E-state index in [2.05, 4.69) is 30.4 Å². The summed E-state index contributed by atoms with van der Waals surface area (Å²) in [7, 11) is 4.28. The standard InChI is InChI=1S/C15H22N4/c1-19(2)15(8-3-4-9-15)11-18-13-7-5-6-12(10-16)14(13)17/h5-7,18H,3-4,8-9,11,17H2,1-2H3. The van der Waals surface area contributed by atoms with Gasteiger partial charge >= 0.3 is 0 Å². The van der Waals surface area contributed by atoms with Crippen LogP contribution in [0.1, 0.15) is 31.2 Å². The van der Waals surface area contributed by atoms with E-state index in [-0.39, 0.29) is 5.54 Å². The summed E-state index contributed by atoms with van der Waals surface area (Å²) in [5.74, 6) is 0. The number of nitrogens with one attached hydrogen (secondary N) is 1. The number of anilines is 2. The molecule has 0 bridgehead atoms.